The van der Waals surface area contributed by atoms with Crippen molar-refractivity contribution >= 4 is 40.3 Å². The van der Waals surface area contributed by atoms with Crippen molar-refractivity contribution in [2.45, 2.75) is 10.8 Å². The van der Waals surface area contributed by atoms with Gasteiger partial charge in [0.25, 0.3) is 0 Å². The average Bonchev–Trinajstić information content (AvgIpc) is 2.96. The molecule has 134 valence electrons. The predicted octanol–water partition coefficient (Wildman–Crippen LogP) is 2.82. The van der Waals surface area contributed by atoms with Crippen LogP contribution in [0.5, 0.6) is 0 Å². The minimum Gasteiger partial charge on any atom is -0.477 e. The molecule has 0 bridgehead atoms. The number of carboxylic acid groups (broad SMARTS) is 1. The molecule has 2 amide bonds. The van der Waals surface area contributed by atoms with E-state index in [9.17, 15) is 14.7 Å². The molecule has 2 rings (SSSR count). The fourth-order valence-corrected chi connectivity index (χ4v) is 3.81. The molecule has 1 heterocycles. The number of rotatable bonds is 8. The molecule has 1 aromatic heterocycles. The minimum atomic E-state index is -1.10. The summed E-state index contributed by atoms with van der Waals surface area (Å²) >= 11 is 2.31. The first-order valence-corrected chi connectivity index (χ1v) is 9.32. The maximum atomic E-state index is 11.9. The summed E-state index contributed by atoms with van der Waals surface area (Å²) in [5.74, 6) is -0.493. The average molecular weight is 380 g/mol. The number of benzene rings is 1. The highest BCUT2D eigenvalue weighted by atomic mass is 32.2. The van der Waals surface area contributed by atoms with Crippen LogP contribution in [0.15, 0.2) is 35.4 Å². The van der Waals surface area contributed by atoms with E-state index in [1.165, 1.54) is 11.8 Å². The van der Waals surface area contributed by atoms with Gasteiger partial charge in [-0.15, -0.1) is 0 Å². The van der Waals surface area contributed by atoms with E-state index in [-0.39, 0.29) is 10.6 Å². The van der Waals surface area contributed by atoms with Crippen LogP contribution < -0.4 is 10.6 Å². The third-order valence-electron chi connectivity index (χ3n) is 3.16. The van der Waals surface area contributed by atoms with Gasteiger partial charge in [0.15, 0.2) is 0 Å². The summed E-state index contributed by atoms with van der Waals surface area (Å²) in [4.78, 5) is 25.4. The number of nitrogens with one attached hydrogen (secondary N) is 2. The number of thioether (sulfide) groups is 1. The molecule has 0 fully saturated rings. The number of hydrogen-bond donors (Lipinski definition) is 3. The second kappa shape index (κ2) is 9.40. The van der Waals surface area contributed by atoms with E-state index in [0.29, 0.717) is 23.9 Å². The van der Waals surface area contributed by atoms with Gasteiger partial charge >= 0.3 is 12.0 Å². The van der Waals surface area contributed by atoms with E-state index in [0.717, 1.165) is 17.1 Å². The van der Waals surface area contributed by atoms with Gasteiger partial charge in [-0.25, -0.2) is 9.59 Å². The lowest BCUT2D eigenvalue weighted by molar-refractivity contribution is 0.0694. The molecule has 0 radical (unpaired) electrons. The largest absolute Gasteiger partial charge is 0.477 e. The van der Waals surface area contributed by atoms with Crippen molar-refractivity contribution in [3.8, 4) is 0 Å². The van der Waals surface area contributed by atoms with Gasteiger partial charge in [0.05, 0.1) is 0 Å². The lowest BCUT2D eigenvalue weighted by Crippen LogP contribution is -2.34. The molecule has 3 N–H and O–H groups in total. The SMILES string of the molecule is CN(C)CCNC(=O)Nc1snc(SCc2ccccc2)c1C(=O)O. The Labute approximate surface area is 154 Å². The third kappa shape index (κ3) is 6.04. The highest BCUT2D eigenvalue weighted by molar-refractivity contribution is 7.98. The van der Waals surface area contributed by atoms with Crippen LogP contribution in [0.4, 0.5) is 9.80 Å². The normalized spacial score (nSPS) is 10.7. The molecule has 0 atom stereocenters. The van der Waals surface area contributed by atoms with Crippen LogP contribution in [0.25, 0.3) is 0 Å². The van der Waals surface area contributed by atoms with E-state index in [1.54, 1.807) is 0 Å². The first kappa shape index (κ1) is 19.2. The molecule has 9 heteroatoms. The van der Waals surface area contributed by atoms with Crippen molar-refractivity contribution in [2.24, 2.45) is 0 Å². The zero-order valence-corrected chi connectivity index (χ0v) is 15.6. The molecule has 0 saturated carbocycles. The lowest BCUT2D eigenvalue weighted by atomic mass is 10.2. The van der Waals surface area contributed by atoms with Crippen molar-refractivity contribution in [3.63, 3.8) is 0 Å². The second-order valence-corrected chi connectivity index (χ2v) is 7.19. The topological polar surface area (TPSA) is 94.6 Å². The number of anilines is 1. The third-order valence-corrected chi connectivity index (χ3v) is 5.09. The maximum absolute atomic E-state index is 11.9. The van der Waals surface area contributed by atoms with Crippen molar-refractivity contribution < 1.29 is 14.7 Å². The second-order valence-electron chi connectivity index (χ2n) is 5.46. The van der Waals surface area contributed by atoms with E-state index in [4.69, 9.17) is 0 Å². The minimum absolute atomic E-state index is 0.0358. The van der Waals surface area contributed by atoms with Crippen molar-refractivity contribution in [1.29, 1.82) is 0 Å². The summed E-state index contributed by atoms with van der Waals surface area (Å²) in [5, 5.41) is 15.4. The smallest absolute Gasteiger partial charge is 0.341 e. The summed E-state index contributed by atoms with van der Waals surface area (Å²) in [7, 11) is 3.81. The molecule has 1 aromatic carbocycles. The fourth-order valence-electron chi connectivity index (χ4n) is 1.91. The lowest BCUT2D eigenvalue weighted by Gasteiger charge is -2.10. The van der Waals surface area contributed by atoms with E-state index in [2.05, 4.69) is 15.0 Å². The number of likely N-dealkylation sites (N-methyl/N-ethyl adjacent to an activating group) is 1. The Kier molecular flexibility index (Phi) is 7.23. The standard InChI is InChI=1S/C16H20N4O3S2/c1-20(2)9-8-17-16(23)18-13-12(15(21)22)14(19-25-13)24-10-11-6-4-3-5-7-11/h3-7H,8-10H2,1-2H3,(H,21,22)(H2,17,18,23). The number of carbonyl (C=O) groups excluding carboxylic acids is 1. The van der Waals surface area contributed by atoms with Gasteiger partial charge in [-0.1, -0.05) is 42.1 Å². The molecule has 0 aliphatic heterocycles. The monoisotopic (exact) mass is 380 g/mol. The molecule has 7 nitrogen and oxygen atoms in total. The molecule has 25 heavy (non-hydrogen) atoms. The zero-order chi connectivity index (χ0) is 18.2. The highest BCUT2D eigenvalue weighted by Gasteiger charge is 2.22. The summed E-state index contributed by atoms with van der Waals surface area (Å²) < 4.78 is 4.19. The first-order chi connectivity index (χ1) is 12.0. The summed E-state index contributed by atoms with van der Waals surface area (Å²) in [6.07, 6.45) is 0. The van der Waals surface area contributed by atoms with Gasteiger partial charge < -0.3 is 15.3 Å². The van der Waals surface area contributed by atoms with Crippen molar-refractivity contribution in [1.82, 2.24) is 14.6 Å². The first-order valence-electron chi connectivity index (χ1n) is 7.56. The molecule has 0 spiro atoms. The Morgan fingerprint density at radius 3 is 2.64 bits per heavy atom. The van der Waals surface area contributed by atoms with Gasteiger partial charge in [-0.2, -0.15) is 4.37 Å². The number of carbonyl (C=O) groups is 2. The molecular formula is C16H20N4O3S2. The van der Waals surface area contributed by atoms with Gasteiger partial charge in [-0.3, -0.25) is 5.32 Å². The van der Waals surface area contributed by atoms with E-state index < -0.39 is 12.0 Å². The Morgan fingerprint density at radius 1 is 1.28 bits per heavy atom. The van der Waals surface area contributed by atoms with Gasteiger partial charge in [0.1, 0.15) is 15.6 Å². The molecular weight excluding hydrogens is 360 g/mol. The van der Waals surface area contributed by atoms with Crippen LogP contribution in [-0.2, 0) is 5.75 Å². The predicted molar refractivity (Wildman–Crippen MR) is 101 cm³/mol. The quantitative estimate of drug-likeness (QED) is 0.610. The van der Waals surface area contributed by atoms with Crippen molar-refractivity contribution in [2.75, 3.05) is 32.5 Å². The number of nitrogens with zero attached hydrogens (tertiary/aromatic N) is 2. The van der Waals surface area contributed by atoms with E-state index >= 15 is 0 Å². The molecule has 0 aliphatic rings. The molecule has 0 saturated heterocycles. The Bertz CT molecular complexity index is 719. The van der Waals surface area contributed by atoms with Crippen LogP contribution >= 0.6 is 23.3 Å². The molecule has 0 unspecified atom stereocenters. The Morgan fingerprint density at radius 2 is 2.00 bits per heavy atom. The van der Waals surface area contributed by atoms with Gasteiger partial charge in [0.2, 0.25) is 0 Å². The number of urea groups is 1. The zero-order valence-electron chi connectivity index (χ0n) is 14.0. The fraction of sp³-hybridized carbons (Fsp3) is 0.312. The molecule has 0 aliphatic carbocycles. The Balaban J connectivity index is 2.00. The van der Waals surface area contributed by atoms with Crippen LogP contribution in [0, 0.1) is 0 Å². The Hall–Kier alpha value is -2.10. The highest BCUT2D eigenvalue weighted by Crippen LogP contribution is 2.33. The number of aromatic nitrogens is 1. The van der Waals surface area contributed by atoms with Gasteiger partial charge in [0, 0.05) is 18.8 Å². The number of aromatic carboxylic acids is 1. The van der Waals surface area contributed by atoms with E-state index in [1.807, 2.05) is 49.3 Å². The summed E-state index contributed by atoms with van der Waals surface area (Å²) in [6, 6.07) is 9.29. The summed E-state index contributed by atoms with van der Waals surface area (Å²) in [5.41, 5.74) is 1.11. The van der Waals surface area contributed by atoms with Gasteiger partial charge in [-0.05, 0) is 31.2 Å². The maximum Gasteiger partial charge on any atom is 0.341 e. The van der Waals surface area contributed by atoms with Crippen molar-refractivity contribution in [3.05, 3.63) is 41.5 Å². The van der Waals surface area contributed by atoms with Crippen LogP contribution in [0.3, 0.4) is 0 Å². The van der Waals surface area contributed by atoms with Crippen LogP contribution in [0.1, 0.15) is 15.9 Å². The van der Waals surface area contributed by atoms with Crippen LogP contribution in [0.2, 0.25) is 0 Å². The number of carboxylic acids is 1. The number of amides is 2. The summed E-state index contributed by atoms with van der Waals surface area (Å²) in [6.45, 7) is 1.16. The molecule has 2 aromatic rings. The van der Waals surface area contributed by atoms with Crippen LogP contribution in [-0.4, -0.2) is 53.6 Å². The number of hydrogen-bond acceptors (Lipinski definition) is 6.